The van der Waals surface area contributed by atoms with Crippen molar-refractivity contribution in [1.82, 2.24) is 19.3 Å². The second-order valence-electron chi connectivity index (χ2n) is 7.97. The van der Waals surface area contributed by atoms with E-state index in [0.29, 0.717) is 40.9 Å². The Kier molecular flexibility index (Phi) is 5.55. The van der Waals surface area contributed by atoms with Gasteiger partial charge in [-0.15, -0.1) is 0 Å². The summed E-state index contributed by atoms with van der Waals surface area (Å²) in [5.74, 6) is 0.984. The van der Waals surface area contributed by atoms with Crippen LogP contribution in [0.1, 0.15) is 12.5 Å². The highest BCUT2D eigenvalue weighted by Gasteiger charge is 2.25. The highest BCUT2D eigenvalue weighted by atomic mass is 35.5. The second-order valence-corrected chi connectivity index (χ2v) is 8.35. The lowest BCUT2D eigenvalue weighted by Gasteiger charge is -2.19. The van der Waals surface area contributed by atoms with E-state index in [1.807, 2.05) is 29.9 Å². The van der Waals surface area contributed by atoms with Crippen LogP contribution >= 0.6 is 11.6 Å². The van der Waals surface area contributed by atoms with Crippen LogP contribution in [-0.2, 0) is 11.8 Å². The number of benzene rings is 1. The molecule has 4 heterocycles. The van der Waals surface area contributed by atoms with Crippen LogP contribution in [0.15, 0.2) is 47.7 Å². The Balaban J connectivity index is 1.79. The molecule has 1 aliphatic rings. The van der Waals surface area contributed by atoms with Gasteiger partial charge in [-0.3, -0.25) is 14.5 Å². The maximum absolute atomic E-state index is 13.9. The number of ether oxygens (including phenoxy) is 3. The van der Waals surface area contributed by atoms with Gasteiger partial charge in [-0.25, -0.2) is 0 Å². The number of nitrogens with zero attached hydrogens (tertiary/aromatic N) is 4. The molecule has 0 radical (unpaired) electrons. The van der Waals surface area contributed by atoms with E-state index < -0.39 is 0 Å². The SMILES string of the molecule is COc1cc(OC)c(Cl)c(-c2cc3cnc(-c4cnn(C)c4)cc3n(C3CCOC3)c2=O)c1. The van der Waals surface area contributed by atoms with Gasteiger partial charge in [0.25, 0.3) is 5.56 Å². The topological polar surface area (TPSA) is 80.4 Å². The van der Waals surface area contributed by atoms with Crippen molar-refractivity contribution in [3.8, 4) is 33.9 Å². The van der Waals surface area contributed by atoms with E-state index in [-0.39, 0.29) is 11.6 Å². The summed E-state index contributed by atoms with van der Waals surface area (Å²) < 4.78 is 20.0. The van der Waals surface area contributed by atoms with Gasteiger partial charge in [-0.2, -0.15) is 5.10 Å². The van der Waals surface area contributed by atoms with Crippen molar-refractivity contribution in [2.45, 2.75) is 12.5 Å². The average molecular weight is 467 g/mol. The number of pyridine rings is 2. The lowest BCUT2D eigenvalue weighted by Crippen LogP contribution is -2.27. The molecule has 5 rings (SSSR count). The van der Waals surface area contributed by atoms with Crippen LogP contribution in [0.3, 0.4) is 0 Å². The van der Waals surface area contributed by atoms with Crippen LogP contribution in [0.2, 0.25) is 5.02 Å². The Bertz CT molecular complexity index is 1410. The van der Waals surface area contributed by atoms with Crippen molar-refractivity contribution < 1.29 is 14.2 Å². The summed E-state index contributed by atoms with van der Waals surface area (Å²) in [5, 5.41) is 5.41. The first kappa shape index (κ1) is 21.5. The largest absolute Gasteiger partial charge is 0.497 e. The van der Waals surface area contributed by atoms with E-state index in [4.69, 9.17) is 25.8 Å². The summed E-state index contributed by atoms with van der Waals surface area (Å²) in [6.45, 7) is 1.08. The fraction of sp³-hybridized carbons (Fsp3) is 0.292. The van der Waals surface area contributed by atoms with Gasteiger partial charge in [-0.05, 0) is 24.6 Å². The number of hydrogen-bond donors (Lipinski definition) is 0. The Labute approximate surface area is 195 Å². The van der Waals surface area contributed by atoms with Crippen LogP contribution in [0.4, 0.5) is 0 Å². The van der Waals surface area contributed by atoms with Gasteiger partial charge >= 0.3 is 0 Å². The minimum atomic E-state index is -0.154. The van der Waals surface area contributed by atoms with E-state index in [0.717, 1.165) is 28.6 Å². The molecular formula is C24H23ClN4O4. The normalized spacial score (nSPS) is 15.8. The molecule has 3 aromatic heterocycles. The van der Waals surface area contributed by atoms with Gasteiger partial charge < -0.3 is 18.8 Å². The molecule has 1 unspecified atom stereocenters. The van der Waals surface area contributed by atoms with Gasteiger partial charge in [-0.1, -0.05) is 11.6 Å². The third-order valence-corrected chi connectivity index (χ3v) is 6.34. The number of aryl methyl sites for hydroxylation is 1. The molecule has 0 aliphatic carbocycles. The summed E-state index contributed by atoms with van der Waals surface area (Å²) in [7, 11) is 4.95. The lowest BCUT2D eigenvalue weighted by atomic mass is 10.0. The number of aromatic nitrogens is 4. The van der Waals surface area contributed by atoms with Crippen molar-refractivity contribution in [2.75, 3.05) is 27.4 Å². The number of fused-ring (bicyclic) bond motifs is 1. The Morgan fingerprint density at radius 3 is 2.64 bits per heavy atom. The Hall–Kier alpha value is -3.36. The highest BCUT2D eigenvalue weighted by molar-refractivity contribution is 6.35. The summed E-state index contributed by atoms with van der Waals surface area (Å²) >= 11 is 6.64. The summed E-state index contributed by atoms with van der Waals surface area (Å²) in [5.41, 5.74) is 3.26. The summed E-state index contributed by atoms with van der Waals surface area (Å²) in [6, 6.07) is 7.11. The second kappa shape index (κ2) is 8.53. The minimum Gasteiger partial charge on any atom is -0.497 e. The molecule has 1 atom stereocenters. The fourth-order valence-corrected chi connectivity index (χ4v) is 4.55. The zero-order valence-corrected chi connectivity index (χ0v) is 19.3. The molecule has 0 saturated carbocycles. The molecular weight excluding hydrogens is 444 g/mol. The number of hydrogen-bond acceptors (Lipinski definition) is 6. The molecule has 0 N–H and O–H groups in total. The van der Waals surface area contributed by atoms with Crippen LogP contribution in [0.25, 0.3) is 33.3 Å². The van der Waals surface area contributed by atoms with Gasteiger partial charge in [0.2, 0.25) is 0 Å². The first-order valence-corrected chi connectivity index (χ1v) is 10.9. The molecule has 170 valence electrons. The van der Waals surface area contributed by atoms with Crippen LogP contribution < -0.4 is 15.0 Å². The molecule has 33 heavy (non-hydrogen) atoms. The lowest BCUT2D eigenvalue weighted by molar-refractivity contribution is 0.186. The van der Waals surface area contributed by atoms with Crippen LogP contribution in [0, 0.1) is 0 Å². The predicted molar refractivity (Wildman–Crippen MR) is 126 cm³/mol. The molecule has 1 fully saturated rings. The molecule has 1 aromatic carbocycles. The third kappa shape index (κ3) is 3.75. The molecule has 0 amide bonds. The van der Waals surface area contributed by atoms with Crippen LogP contribution in [-0.4, -0.2) is 46.8 Å². The Morgan fingerprint density at radius 1 is 1.12 bits per heavy atom. The van der Waals surface area contributed by atoms with E-state index >= 15 is 0 Å². The van der Waals surface area contributed by atoms with Crippen LogP contribution in [0.5, 0.6) is 11.5 Å². The van der Waals surface area contributed by atoms with Crippen molar-refractivity contribution in [3.05, 3.63) is 58.2 Å². The van der Waals surface area contributed by atoms with Crippen molar-refractivity contribution in [1.29, 1.82) is 0 Å². The van der Waals surface area contributed by atoms with Crippen molar-refractivity contribution in [2.24, 2.45) is 7.05 Å². The summed E-state index contributed by atoms with van der Waals surface area (Å²) in [6.07, 6.45) is 6.17. The average Bonchev–Trinajstić information content (AvgIpc) is 3.51. The molecule has 0 bridgehead atoms. The smallest absolute Gasteiger partial charge is 0.259 e. The summed E-state index contributed by atoms with van der Waals surface area (Å²) in [4.78, 5) is 18.5. The monoisotopic (exact) mass is 466 g/mol. The number of methoxy groups -OCH3 is 2. The Morgan fingerprint density at radius 2 is 1.97 bits per heavy atom. The molecule has 1 aliphatic heterocycles. The van der Waals surface area contributed by atoms with Crippen molar-refractivity contribution in [3.63, 3.8) is 0 Å². The van der Waals surface area contributed by atoms with Gasteiger partial charge in [0, 0.05) is 54.2 Å². The standard InChI is InChI=1S/C24H23ClN4O4/c1-28-12-15(11-27-28)20-9-21-14(10-26-20)6-19(24(30)29(21)16-4-5-33-13-16)18-7-17(31-2)8-22(32-3)23(18)25/h6-12,16H,4-5,13H2,1-3H3. The third-order valence-electron chi connectivity index (χ3n) is 5.95. The number of rotatable bonds is 5. The molecule has 1 saturated heterocycles. The first-order valence-electron chi connectivity index (χ1n) is 10.5. The first-order chi connectivity index (χ1) is 16.0. The van der Waals surface area contributed by atoms with E-state index in [1.165, 1.54) is 7.11 Å². The van der Waals surface area contributed by atoms with Crippen molar-refractivity contribution >= 4 is 22.5 Å². The molecule has 8 nitrogen and oxygen atoms in total. The zero-order valence-electron chi connectivity index (χ0n) is 18.5. The fourth-order valence-electron chi connectivity index (χ4n) is 4.26. The molecule has 9 heteroatoms. The van der Waals surface area contributed by atoms with E-state index in [1.54, 1.807) is 36.3 Å². The van der Waals surface area contributed by atoms with Gasteiger partial charge in [0.1, 0.15) is 11.5 Å². The maximum Gasteiger partial charge on any atom is 0.259 e. The van der Waals surface area contributed by atoms with E-state index in [2.05, 4.69) is 10.1 Å². The zero-order chi connectivity index (χ0) is 23.1. The van der Waals surface area contributed by atoms with Gasteiger partial charge in [0.15, 0.2) is 0 Å². The molecule has 4 aromatic rings. The quantitative estimate of drug-likeness (QED) is 0.440. The predicted octanol–water partition coefficient (Wildman–Crippen LogP) is 4.10. The van der Waals surface area contributed by atoms with Gasteiger partial charge in [0.05, 0.1) is 49.3 Å². The van der Waals surface area contributed by atoms with E-state index in [9.17, 15) is 4.79 Å². The maximum atomic E-state index is 13.9. The minimum absolute atomic E-state index is 0.0876. The highest BCUT2D eigenvalue weighted by Crippen LogP contribution is 2.39. The molecule has 0 spiro atoms. The number of halogens is 1.